The second kappa shape index (κ2) is 11.1. The van der Waals surface area contributed by atoms with Gasteiger partial charge in [0.2, 0.25) is 18.2 Å². The van der Waals surface area contributed by atoms with E-state index < -0.39 is 12.0 Å². The molecule has 176 valence electrons. The molecule has 1 saturated heterocycles. The number of hydrogen-bond acceptors (Lipinski definition) is 6. The summed E-state index contributed by atoms with van der Waals surface area (Å²) in [5.41, 5.74) is 0.399. The maximum atomic E-state index is 13.3. The number of amides is 4. The fourth-order valence-corrected chi connectivity index (χ4v) is 4.75. The number of hydrogen-bond donors (Lipinski definition) is 3. The highest BCUT2D eigenvalue weighted by Crippen LogP contribution is 2.32. The van der Waals surface area contributed by atoms with Crippen molar-refractivity contribution in [2.24, 2.45) is 11.8 Å². The van der Waals surface area contributed by atoms with Gasteiger partial charge >= 0.3 is 0 Å². The highest BCUT2D eigenvalue weighted by atomic mass is 16.5. The van der Waals surface area contributed by atoms with E-state index in [4.69, 9.17) is 4.42 Å². The molecule has 2 atom stereocenters. The number of aryl methyl sites for hydroxylation is 1. The lowest BCUT2D eigenvalue weighted by molar-refractivity contribution is -0.158. The average molecular weight is 449 g/mol. The molecule has 1 aliphatic carbocycles. The molecule has 1 aromatic heterocycles. The normalized spacial score (nSPS) is 19.6. The van der Waals surface area contributed by atoms with Gasteiger partial charge in [-0.3, -0.25) is 24.4 Å². The van der Waals surface area contributed by atoms with Crippen LogP contribution in [0.3, 0.4) is 0 Å². The molecule has 10 nitrogen and oxygen atoms in total. The van der Waals surface area contributed by atoms with E-state index in [0.717, 1.165) is 25.7 Å². The summed E-state index contributed by atoms with van der Waals surface area (Å²) in [4.78, 5) is 50.7. The Hall–Kier alpha value is -2.88. The minimum atomic E-state index is -0.635. The van der Waals surface area contributed by atoms with Crippen LogP contribution in [-0.2, 0) is 14.4 Å². The fourth-order valence-electron chi connectivity index (χ4n) is 4.75. The molecule has 0 radical (unpaired) electrons. The first kappa shape index (κ1) is 23.8. The van der Waals surface area contributed by atoms with Gasteiger partial charge in [-0.2, -0.15) is 0 Å². The van der Waals surface area contributed by atoms with Crippen molar-refractivity contribution >= 4 is 24.1 Å². The van der Waals surface area contributed by atoms with E-state index in [-0.39, 0.29) is 30.9 Å². The number of rotatable bonds is 10. The van der Waals surface area contributed by atoms with Crippen LogP contribution in [0, 0.1) is 18.8 Å². The van der Waals surface area contributed by atoms with Gasteiger partial charge in [-0.05, 0) is 38.2 Å². The predicted molar refractivity (Wildman–Crippen MR) is 113 cm³/mol. The molecule has 0 aromatic carbocycles. The number of nitrogens with zero attached hydrogens (tertiary/aromatic N) is 2. The first-order valence-corrected chi connectivity index (χ1v) is 11.2. The third-order valence-corrected chi connectivity index (χ3v) is 6.42. The van der Waals surface area contributed by atoms with Crippen LogP contribution in [0.15, 0.2) is 16.7 Å². The van der Waals surface area contributed by atoms with Gasteiger partial charge in [0.15, 0.2) is 0 Å². The zero-order valence-corrected chi connectivity index (χ0v) is 18.4. The number of carbonyl (C=O) groups excluding carboxylic acids is 4. The highest BCUT2D eigenvalue weighted by molar-refractivity contribution is 5.95. The highest BCUT2D eigenvalue weighted by Gasteiger charge is 2.38. The molecule has 1 saturated carbocycles. The van der Waals surface area contributed by atoms with Gasteiger partial charge in [0.1, 0.15) is 11.8 Å². The Labute approximate surface area is 187 Å². The predicted octanol–water partition coefficient (Wildman–Crippen LogP) is 1.43. The van der Waals surface area contributed by atoms with Gasteiger partial charge in [0.05, 0.1) is 31.0 Å². The van der Waals surface area contributed by atoms with Crippen molar-refractivity contribution in [3.63, 3.8) is 0 Å². The van der Waals surface area contributed by atoms with E-state index in [1.807, 2.05) is 0 Å². The van der Waals surface area contributed by atoms with E-state index in [1.165, 1.54) is 6.26 Å². The van der Waals surface area contributed by atoms with Crippen LogP contribution in [0.1, 0.15) is 61.1 Å². The van der Waals surface area contributed by atoms with Crippen LogP contribution in [0.2, 0.25) is 0 Å². The van der Waals surface area contributed by atoms with Crippen LogP contribution >= 0.6 is 0 Å². The Bertz CT molecular complexity index is 819. The van der Waals surface area contributed by atoms with Crippen molar-refractivity contribution in [1.82, 2.24) is 20.6 Å². The Kier molecular flexibility index (Phi) is 8.26. The van der Waals surface area contributed by atoms with Crippen molar-refractivity contribution in [1.29, 1.82) is 0 Å². The maximum Gasteiger partial charge on any atom is 0.256 e. The molecule has 32 heavy (non-hydrogen) atoms. The molecular weight excluding hydrogens is 416 g/mol. The summed E-state index contributed by atoms with van der Waals surface area (Å²) >= 11 is 0. The minimum absolute atomic E-state index is 0.0676. The maximum absolute atomic E-state index is 13.3. The Morgan fingerprint density at radius 2 is 2.00 bits per heavy atom. The summed E-state index contributed by atoms with van der Waals surface area (Å²) in [6.45, 7) is 1.98. The molecule has 0 bridgehead atoms. The first-order valence-electron chi connectivity index (χ1n) is 11.2. The van der Waals surface area contributed by atoms with Gasteiger partial charge in [-0.1, -0.05) is 25.7 Å². The molecule has 1 aromatic rings. The van der Waals surface area contributed by atoms with E-state index >= 15 is 0 Å². The quantitative estimate of drug-likeness (QED) is 0.215. The zero-order valence-electron chi connectivity index (χ0n) is 18.4. The van der Waals surface area contributed by atoms with Crippen molar-refractivity contribution in [3.8, 4) is 0 Å². The molecule has 3 N–H and O–H groups in total. The van der Waals surface area contributed by atoms with Gasteiger partial charge in [-0.15, -0.1) is 0 Å². The van der Waals surface area contributed by atoms with Gasteiger partial charge < -0.3 is 20.0 Å². The molecule has 4 amide bonds. The van der Waals surface area contributed by atoms with Crippen LogP contribution in [-0.4, -0.2) is 65.1 Å². The van der Waals surface area contributed by atoms with E-state index in [0.29, 0.717) is 54.5 Å². The summed E-state index contributed by atoms with van der Waals surface area (Å²) < 4.78 is 5.10. The standard InChI is InChI=1S/C22H32N4O6/c1-15-18(8-10-32-15)20(28)23-13-24-21(29)19-7-4-9-26(19)22(30)17(12-25(31)14-27)11-16-5-2-3-6-16/h8,10,14,16-17,19,31H,2-7,9,11-13H2,1H3,(H,23,28)(H,24,29)/t17-,19+/m1/s1. The van der Waals surface area contributed by atoms with Crippen molar-refractivity contribution in [3.05, 3.63) is 23.7 Å². The Balaban J connectivity index is 1.57. The molecule has 0 spiro atoms. The lowest BCUT2D eigenvalue weighted by atomic mass is 9.91. The molecule has 0 unspecified atom stereocenters. The second-order valence-corrected chi connectivity index (χ2v) is 8.61. The summed E-state index contributed by atoms with van der Waals surface area (Å²) in [5.74, 6) is -0.581. The second-order valence-electron chi connectivity index (χ2n) is 8.61. The van der Waals surface area contributed by atoms with Crippen LogP contribution < -0.4 is 10.6 Å². The van der Waals surface area contributed by atoms with E-state index in [1.54, 1.807) is 17.9 Å². The summed E-state index contributed by atoms with van der Waals surface area (Å²) in [5, 5.41) is 15.5. The third-order valence-electron chi connectivity index (χ3n) is 6.42. The van der Waals surface area contributed by atoms with E-state index in [9.17, 15) is 24.4 Å². The summed E-state index contributed by atoms with van der Waals surface area (Å²) in [7, 11) is 0. The Morgan fingerprint density at radius 1 is 1.25 bits per heavy atom. The summed E-state index contributed by atoms with van der Waals surface area (Å²) in [6, 6.07) is 0.919. The van der Waals surface area contributed by atoms with Gasteiger partial charge in [0.25, 0.3) is 5.91 Å². The Morgan fingerprint density at radius 3 is 2.66 bits per heavy atom. The van der Waals surface area contributed by atoms with Gasteiger partial charge in [0, 0.05) is 6.54 Å². The monoisotopic (exact) mass is 448 g/mol. The first-order chi connectivity index (χ1) is 15.4. The van der Waals surface area contributed by atoms with Crippen molar-refractivity contribution in [2.75, 3.05) is 19.8 Å². The van der Waals surface area contributed by atoms with Crippen molar-refractivity contribution < 1.29 is 28.8 Å². The number of carbonyl (C=O) groups is 4. The average Bonchev–Trinajstić information content (AvgIpc) is 3.54. The molecule has 2 heterocycles. The van der Waals surface area contributed by atoms with E-state index in [2.05, 4.69) is 10.6 Å². The molecule has 2 fully saturated rings. The lowest BCUT2D eigenvalue weighted by Crippen LogP contribution is -2.51. The molecule has 3 rings (SSSR count). The zero-order chi connectivity index (χ0) is 23.1. The molecule has 2 aliphatic rings. The number of nitrogens with one attached hydrogen (secondary N) is 2. The minimum Gasteiger partial charge on any atom is -0.469 e. The fraction of sp³-hybridized carbons (Fsp3) is 0.636. The molecule has 10 heteroatoms. The topological polar surface area (TPSA) is 132 Å². The lowest BCUT2D eigenvalue weighted by Gasteiger charge is -2.30. The third kappa shape index (κ3) is 5.87. The van der Waals surface area contributed by atoms with Gasteiger partial charge in [-0.25, -0.2) is 5.06 Å². The molecular formula is C22H32N4O6. The van der Waals surface area contributed by atoms with Crippen LogP contribution in [0.5, 0.6) is 0 Å². The number of hydroxylamine groups is 2. The molecule has 1 aliphatic heterocycles. The largest absolute Gasteiger partial charge is 0.469 e. The SMILES string of the molecule is Cc1occc1C(=O)NCNC(=O)[C@@H]1CCCN1C(=O)[C@H](CC1CCCC1)CN(O)C=O. The van der Waals surface area contributed by atoms with Crippen molar-refractivity contribution in [2.45, 2.75) is 57.9 Å². The van der Waals surface area contributed by atoms with Crippen LogP contribution in [0.4, 0.5) is 0 Å². The number of furan rings is 1. The number of likely N-dealkylation sites (tertiary alicyclic amines) is 1. The summed E-state index contributed by atoms with van der Waals surface area (Å²) in [6.07, 6.45) is 7.86. The van der Waals surface area contributed by atoms with Crippen LogP contribution in [0.25, 0.3) is 0 Å². The smallest absolute Gasteiger partial charge is 0.256 e.